The van der Waals surface area contributed by atoms with Crippen LogP contribution in [0, 0.1) is 0 Å². The van der Waals surface area contributed by atoms with Gasteiger partial charge in [-0.15, -0.1) is 0 Å². The quantitative estimate of drug-likeness (QED) is 0.624. The van der Waals surface area contributed by atoms with Gasteiger partial charge in [0.2, 0.25) is 0 Å². The Morgan fingerprint density at radius 3 is 2.52 bits per heavy atom. The van der Waals surface area contributed by atoms with Crippen LogP contribution in [0.25, 0.3) is 10.8 Å². The molecule has 3 rings (SSSR count). The molecule has 2 aromatic carbocycles. The lowest BCUT2D eigenvalue weighted by Gasteiger charge is -2.27. The minimum atomic E-state index is -0.185. The van der Waals surface area contributed by atoms with E-state index < -0.39 is 0 Å². The first-order valence-electron chi connectivity index (χ1n) is 6.90. The van der Waals surface area contributed by atoms with Crippen molar-refractivity contribution in [3.8, 4) is 5.75 Å². The lowest BCUT2D eigenvalue weighted by Crippen LogP contribution is -2.38. The molecule has 0 bridgehead atoms. The van der Waals surface area contributed by atoms with Crippen LogP contribution in [0.3, 0.4) is 0 Å². The van der Waals surface area contributed by atoms with Crippen LogP contribution in [0.4, 0.5) is 0 Å². The number of fused-ring (bicyclic) bond motifs is 1. The predicted molar refractivity (Wildman–Crippen MR) is 80.0 cm³/mol. The van der Waals surface area contributed by atoms with E-state index in [1.165, 1.54) is 0 Å². The molecule has 0 unspecified atom stereocenters. The molecule has 108 valence electrons. The van der Waals surface area contributed by atoms with E-state index in [1.54, 1.807) is 17.0 Å². The highest BCUT2D eigenvalue weighted by molar-refractivity contribution is 6.04. The molecule has 0 aromatic heterocycles. The number of amides is 1. The summed E-state index contributed by atoms with van der Waals surface area (Å²) in [7, 11) is 0. The van der Waals surface area contributed by atoms with Crippen molar-refractivity contribution in [2.45, 2.75) is 12.8 Å². The smallest absolute Gasteiger partial charge is 0.257 e. The molecule has 5 heteroatoms. The van der Waals surface area contributed by atoms with Gasteiger partial charge in [-0.1, -0.05) is 35.5 Å². The maximum atomic E-state index is 12.5. The number of nitrogens with zero attached hydrogens (tertiary/aromatic N) is 2. The van der Waals surface area contributed by atoms with E-state index in [-0.39, 0.29) is 11.7 Å². The van der Waals surface area contributed by atoms with Crippen LogP contribution < -0.4 is 0 Å². The first-order valence-corrected chi connectivity index (χ1v) is 6.90. The molecule has 1 heterocycles. The van der Waals surface area contributed by atoms with Crippen molar-refractivity contribution in [3.63, 3.8) is 0 Å². The highest BCUT2D eigenvalue weighted by Crippen LogP contribution is 2.29. The lowest BCUT2D eigenvalue weighted by molar-refractivity contribution is 0.0751. The van der Waals surface area contributed by atoms with Gasteiger partial charge < -0.3 is 15.2 Å². The lowest BCUT2D eigenvalue weighted by atomic mass is 10.0. The van der Waals surface area contributed by atoms with E-state index in [1.807, 2.05) is 24.3 Å². The monoisotopic (exact) mass is 284 g/mol. The van der Waals surface area contributed by atoms with Gasteiger partial charge in [-0.05, 0) is 11.5 Å². The number of phenolic OH excluding ortho intramolecular Hbond substituents is 1. The molecule has 5 nitrogen and oxygen atoms in total. The Hall–Kier alpha value is -2.56. The van der Waals surface area contributed by atoms with E-state index in [2.05, 4.69) is 5.16 Å². The normalized spacial score (nSPS) is 15.2. The minimum absolute atomic E-state index is 0.0275. The molecule has 2 N–H and O–H groups in total. The molecule has 1 saturated heterocycles. The zero-order chi connectivity index (χ0) is 14.8. The van der Waals surface area contributed by atoms with Gasteiger partial charge >= 0.3 is 0 Å². The number of phenols is 1. The summed E-state index contributed by atoms with van der Waals surface area (Å²) < 4.78 is 0. The third-order valence-corrected chi connectivity index (χ3v) is 3.90. The van der Waals surface area contributed by atoms with Gasteiger partial charge in [-0.25, -0.2) is 0 Å². The zero-order valence-corrected chi connectivity index (χ0v) is 11.5. The Kier molecular flexibility index (Phi) is 3.48. The van der Waals surface area contributed by atoms with Gasteiger partial charge in [-0.3, -0.25) is 4.79 Å². The molecular formula is C16H16N2O3. The Labute approximate surface area is 122 Å². The number of piperidine rings is 1. The second kappa shape index (κ2) is 5.44. The van der Waals surface area contributed by atoms with Crippen molar-refractivity contribution >= 4 is 22.4 Å². The summed E-state index contributed by atoms with van der Waals surface area (Å²) in [6.07, 6.45) is 1.13. The third kappa shape index (κ3) is 2.42. The molecule has 21 heavy (non-hydrogen) atoms. The van der Waals surface area contributed by atoms with E-state index in [0.29, 0.717) is 42.6 Å². The summed E-state index contributed by atoms with van der Waals surface area (Å²) in [4.78, 5) is 14.2. The summed E-state index contributed by atoms with van der Waals surface area (Å²) in [5, 5.41) is 23.9. The Balaban J connectivity index is 1.90. The van der Waals surface area contributed by atoms with Crippen LogP contribution in [-0.2, 0) is 0 Å². The number of benzene rings is 2. The van der Waals surface area contributed by atoms with Crippen molar-refractivity contribution in [1.82, 2.24) is 4.90 Å². The summed E-state index contributed by atoms with van der Waals surface area (Å²) in [6.45, 7) is 1.01. The number of hydrogen-bond donors (Lipinski definition) is 2. The molecule has 0 spiro atoms. The maximum absolute atomic E-state index is 12.5. The first-order chi connectivity index (χ1) is 10.2. The molecule has 1 aliphatic heterocycles. The number of carbonyl (C=O) groups excluding carboxylic acids is 1. The molecule has 0 aliphatic carbocycles. The number of rotatable bonds is 1. The van der Waals surface area contributed by atoms with E-state index in [0.717, 1.165) is 5.39 Å². The molecule has 2 aromatic rings. The zero-order valence-electron chi connectivity index (χ0n) is 11.5. The molecule has 0 saturated carbocycles. The van der Waals surface area contributed by atoms with Crippen LogP contribution in [0.2, 0.25) is 0 Å². The largest absolute Gasteiger partial charge is 0.506 e. The SMILES string of the molecule is O=C(c1ccc2ccccc2c1O)N1CCC(=NO)CC1. The first kappa shape index (κ1) is 13.4. The summed E-state index contributed by atoms with van der Waals surface area (Å²) in [5.74, 6) is -0.157. The van der Waals surface area contributed by atoms with Crippen LogP contribution >= 0.6 is 0 Å². The van der Waals surface area contributed by atoms with Crippen LogP contribution in [-0.4, -0.2) is 39.9 Å². The summed E-state index contributed by atoms with van der Waals surface area (Å²) in [6, 6.07) is 10.9. The molecule has 1 aliphatic rings. The van der Waals surface area contributed by atoms with Crippen LogP contribution in [0.5, 0.6) is 5.75 Å². The molecule has 1 fully saturated rings. The summed E-state index contributed by atoms with van der Waals surface area (Å²) >= 11 is 0. The molecule has 1 amide bonds. The molecular weight excluding hydrogens is 268 g/mol. The average molecular weight is 284 g/mol. The number of aromatic hydroxyl groups is 1. The van der Waals surface area contributed by atoms with Crippen molar-refractivity contribution < 1.29 is 15.1 Å². The fraction of sp³-hybridized carbons (Fsp3) is 0.250. The highest BCUT2D eigenvalue weighted by atomic mass is 16.4. The second-order valence-corrected chi connectivity index (χ2v) is 5.14. The second-order valence-electron chi connectivity index (χ2n) is 5.14. The standard InChI is InChI=1S/C16H16N2O3/c19-15-13-4-2-1-3-11(13)5-6-14(15)16(20)18-9-7-12(17-21)8-10-18/h1-6,19,21H,7-10H2. The number of carbonyl (C=O) groups is 1. The number of hydrogen-bond acceptors (Lipinski definition) is 4. The van der Waals surface area contributed by atoms with Gasteiger partial charge in [-0.2, -0.15) is 0 Å². The van der Waals surface area contributed by atoms with Crippen LogP contribution in [0.15, 0.2) is 41.6 Å². The van der Waals surface area contributed by atoms with Crippen molar-refractivity contribution in [1.29, 1.82) is 0 Å². The van der Waals surface area contributed by atoms with E-state index in [4.69, 9.17) is 5.21 Å². The maximum Gasteiger partial charge on any atom is 0.257 e. The molecule has 0 radical (unpaired) electrons. The van der Waals surface area contributed by atoms with Gasteiger partial charge in [0.1, 0.15) is 5.75 Å². The fourth-order valence-corrected chi connectivity index (χ4v) is 2.67. The Morgan fingerprint density at radius 2 is 1.81 bits per heavy atom. The average Bonchev–Trinajstić information content (AvgIpc) is 2.55. The van der Waals surface area contributed by atoms with Crippen molar-refractivity contribution in [2.24, 2.45) is 5.16 Å². The van der Waals surface area contributed by atoms with Crippen molar-refractivity contribution in [2.75, 3.05) is 13.1 Å². The third-order valence-electron chi connectivity index (χ3n) is 3.90. The topological polar surface area (TPSA) is 73.1 Å². The highest BCUT2D eigenvalue weighted by Gasteiger charge is 2.23. The minimum Gasteiger partial charge on any atom is -0.506 e. The van der Waals surface area contributed by atoms with Gasteiger partial charge in [0.15, 0.2) is 0 Å². The van der Waals surface area contributed by atoms with Gasteiger partial charge in [0.25, 0.3) is 5.91 Å². The van der Waals surface area contributed by atoms with E-state index >= 15 is 0 Å². The number of oxime groups is 1. The summed E-state index contributed by atoms with van der Waals surface area (Å²) in [5.41, 5.74) is 1.03. The van der Waals surface area contributed by atoms with Gasteiger partial charge in [0.05, 0.1) is 11.3 Å². The molecule has 0 atom stereocenters. The van der Waals surface area contributed by atoms with Crippen molar-refractivity contribution in [3.05, 3.63) is 42.0 Å². The van der Waals surface area contributed by atoms with Gasteiger partial charge in [0, 0.05) is 31.3 Å². The van der Waals surface area contributed by atoms with E-state index in [9.17, 15) is 9.90 Å². The number of likely N-dealkylation sites (tertiary alicyclic amines) is 1. The Morgan fingerprint density at radius 1 is 1.10 bits per heavy atom. The van der Waals surface area contributed by atoms with Crippen LogP contribution in [0.1, 0.15) is 23.2 Å². The Bertz CT molecular complexity index is 715. The predicted octanol–water partition coefficient (Wildman–Crippen LogP) is 2.61. The fourth-order valence-electron chi connectivity index (χ4n) is 2.67.